The monoisotopic (exact) mass is 422 g/mol. The average molecular weight is 423 g/mol. The molecule has 0 aliphatic heterocycles. The van der Waals surface area contributed by atoms with Crippen molar-refractivity contribution in [3.8, 4) is 11.1 Å². The second-order valence-corrected chi connectivity index (χ2v) is 8.75. The molecule has 4 rings (SSSR count). The van der Waals surface area contributed by atoms with E-state index in [4.69, 9.17) is 0 Å². The first-order chi connectivity index (χ1) is 13.9. The molecule has 0 saturated heterocycles. The van der Waals surface area contributed by atoms with Crippen molar-refractivity contribution >= 4 is 39.1 Å². The van der Waals surface area contributed by atoms with Crippen molar-refractivity contribution in [3.05, 3.63) is 76.2 Å². The van der Waals surface area contributed by atoms with E-state index in [0.29, 0.717) is 17.1 Å². The van der Waals surface area contributed by atoms with E-state index in [1.165, 1.54) is 40.8 Å². The van der Waals surface area contributed by atoms with Gasteiger partial charge in [-0.15, -0.1) is 11.3 Å². The maximum absolute atomic E-state index is 13.3. The number of benzene rings is 2. The van der Waals surface area contributed by atoms with E-state index in [2.05, 4.69) is 9.97 Å². The number of halogens is 1. The molecule has 2 heterocycles. The van der Waals surface area contributed by atoms with Crippen LogP contribution in [0, 0.1) is 26.6 Å². The minimum Gasteiger partial charge on any atom is -0.293 e. The second-order valence-electron chi connectivity index (χ2n) is 6.92. The Morgan fingerprint density at radius 2 is 1.79 bits per heavy atom. The number of carbonyl (C=O) groups excluding carboxylic acids is 1. The third kappa shape index (κ3) is 4.09. The van der Waals surface area contributed by atoms with Gasteiger partial charge >= 0.3 is 0 Å². The molecule has 4 aromatic rings. The molecule has 0 spiro atoms. The van der Waals surface area contributed by atoms with Gasteiger partial charge in [0.05, 0.1) is 11.1 Å². The summed E-state index contributed by atoms with van der Waals surface area (Å²) in [6, 6.07) is 12.2. The highest BCUT2D eigenvalue weighted by molar-refractivity contribution is 8.00. The fourth-order valence-electron chi connectivity index (χ4n) is 3.09. The molecule has 0 aliphatic rings. The summed E-state index contributed by atoms with van der Waals surface area (Å²) >= 11 is 2.96. The van der Waals surface area contributed by atoms with Gasteiger partial charge in [-0.05, 0) is 55.7 Å². The lowest BCUT2D eigenvalue weighted by Crippen LogP contribution is -2.04. The van der Waals surface area contributed by atoms with Crippen LogP contribution in [0.15, 0.2) is 52.9 Å². The number of thiophene rings is 1. The Balaban J connectivity index is 1.67. The number of rotatable bonds is 5. The molecule has 0 amide bonds. The Bertz CT molecular complexity index is 1220. The van der Waals surface area contributed by atoms with Crippen molar-refractivity contribution in [2.24, 2.45) is 0 Å². The summed E-state index contributed by atoms with van der Waals surface area (Å²) in [5.74, 6) is 0.772. The van der Waals surface area contributed by atoms with Crippen LogP contribution in [-0.4, -0.2) is 21.5 Å². The molecular weight excluding hydrogens is 403 g/mol. The van der Waals surface area contributed by atoms with Crippen molar-refractivity contribution in [2.45, 2.75) is 25.8 Å². The zero-order valence-electron chi connectivity index (χ0n) is 16.3. The first-order valence-corrected chi connectivity index (χ1v) is 11.0. The fourth-order valence-corrected chi connectivity index (χ4v) is 5.13. The minimum absolute atomic E-state index is 0.0704. The number of hydrogen-bond donors (Lipinski definition) is 0. The lowest BCUT2D eigenvalue weighted by Gasteiger charge is -2.08. The van der Waals surface area contributed by atoms with E-state index in [1.807, 2.05) is 44.4 Å². The normalized spacial score (nSPS) is 11.2. The minimum atomic E-state index is -0.269. The molecule has 0 bridgehead atoms. The third-order valence-corrected chi connectivity index (χ3v) is 6.68. The smallest absolute Gasteiger partial charge is 0.173 e. The molecule has 0 atom stereocenters. The van der Waals surface area contributed by atoms with Crippen molar-refractivity contribution < 1.29 is 9.18 Å². The Morgan fingerprint density at radius 1 is 1.03 bits per heavy atom. The highest BCUT2D eigenvalue weighted by Gasteiger charge is 2.17. The Labute approximate surface area is 177 Å². The van der Waals surface area contributed by atoms with Gasteiger partial charge in [-0.1, -0.05) is 36.0 Å². The van der Waals surface area contributed by atoms with Crippen LogP contribution in [0.1, 0.15) is 27.3 Å². The number of carbonyl (C=O) groups is 1. The first-order valence-electron chi connectivity index (χ1n) is 9.17. The van der Waals surface area contributed by atoms with E-state index in [-0.39, 0.29) is 11.6 Å². The number of Topliss-reactive ketones (excluding diaryl/α,β-unsaturated/α-hetero) is 1. The maximum Gasteiger partial charge on any atom is 0.173 e. The van der Waals surface area contributed by atoms with Gasteiger partial charge in [0.1, 0.15) is 21.5 Å². The molecule has 0 aliphatic carbocycles. The van der Waals surface area contributed by atoms with Crippen LogP contribution in [0.5, 0.6) is 0 Å². The van der Waals surface area contributed by atoms with Gasteiger partial charge in [0.2, 0.25) is 0 Å². The van der Waals surface area contributed by atoms with Crippen molar-refractivity contribution in [1.29, 1.82) is 0 Å². The largest absolute Gasteiger partial charge is 0.293 e. The molecule has 3 nitrogen and oxygen atoms in total. The van der Waals surface area contributed by atoms with Gasteiger partial charge in [-0.2, -0.15) is 0 Å². The molecule has 2 aromatic heterocycles. The summed E-state index contributed by atoms with van der Waals surface area (Å²) in [4.78, 5) is 22.8. The summed E-state index contributed by atoms with van der Waals surface area (Å²) < 4.78 is 13.3. The highest BCUT2D eigenvalue weighted by atomic mass is 32.2. The Morgan fingerprint density at radius 3 is 2.52 bits per heavy atom. The lowest BCUT2D eigenvalue weighted by atomic mass is 10.0. The van der Waals surface area contributed by atoms with Crippen LogP contribution < -0.4 is 0 Å². The van der Waals surface area contributed by atoms with Gasteiger partial charge in [0.25, 0.3) is 0 Å². The third-order valence-electron chi connectivity index (χ3n) is 4.84. The highest BCUT2D eigenvalue weighted by Crippen LogP contribution is 2.38. The Hall–Kier alpha value is -2.57. The van der Waals surface area contributed by atoms with Crippen LogP contribution in [0.2, 0.25) is 0 Å². The second kappa shape index (κ2) is 8.05. The van der Waals surface area contributed by atoms with E-state index in [1.54, 1.807) is 12.1 Å². The quantitative estimate of drug-likeness (QED) is 0.212. The molecule has 29 heavy (non-hydrogen) atoms. The SMILES string of the molecule is Cc1nc(SCC(=O)c2ccc(C)c(C)c2)c2c(-c3ccc(F)cc3)csc2n1. The lowest BCUT2D eigenvalue weighted by molar-refractivity contribution is 0.102. The zero-order valence-corrected chi connectivity index (χ0v) is 18.0. The van der Waals surface area contributed by atoms with Gasteiger partial charge in [-0.25, -0.2) is 14.4 Å². The standard InChI is InChI=1S/C23H19FN2OS2/c1-13-4-5-17(10-14(13)2)20(27)12-29-23-21-19(16-6-8-18(24)9-7-16)11-28-22(21)25-15(3)26-23/h4-11H,12H2,1-3H3. The van der Waals surface area contributed by atoms with Crippen LogP contribution in [0.3, 0.4) is 0 Å². The number of aryl methyl sites for hydroxylation is 3. The maximum atomic E-state index is 13.3. The molecule has 6 heteroatoms. The van der Waals surface area contributed by atoms with Crippen molar-refractivity contribution in [1.82, 2.24) is 9.97 Å². The molecule has 0 saturated carbocycles. The fraction of sp³-hybridized carbons (Fsp3) is 0.174. The number of aromatic nitrogens is 2. The molecule has 0 unspecified atom stereocenters. The summed E-state index contributed by atoms with van der Waals surface area (Å²) in [5.41, 5.74) is 4.87. The molecule has 0 radical (unpaired) electrons. The van der Waals surface area contributed by atoms with E-state index in [9.17, 15) is 9.18 Å². The van der Waals surface area contributed by atoms with E-state index < -0.39 is 0 Å². The summed E-state index contributed by atoms with van der Waals surface area (Å²) in [6.07, 6.45) is 0. The van der Waals surface area contributed by atoms with Crippen LogP contribution in [-0.2, 0) is 0 Å². The number of fused-ring (bicyclic) bond motifs is 1. The van der Waals surface area contributed by atoms with E-state index >= 15 is 0 Å². The van der Waals surface area contributed by atoms with Crippen molar-refractivity contribution in [2.75, 3.05) is 5.75 Å². The zero-order chi connectivity index (χ0) is 20.5. The molecule has 146 valence electrons. The number of thioether (sulfide) groups is 1. The number of nitrogens with zero attached hydrogens (tertiary/aromatic N) is 2. The Kier molecular flexibility index (Phi) is 5.48. The molecular formula is C23H19FN2OS2. The van der Waals surface area contributed by atoms with Gasteiger partial charge in [-0.3, -0.25) is 4.79 Å². The summed E-state index contributed by atoms with van der Waals surface area (Å²) in [7, 11) is 0. The van der Waals surface area contributed by atoms with Crippen LogP contribution >= 0.6 is 23.1 Å². The van der Waals surface area contributed by atoms with Gasteiger partial charge < -0.3 is 0 Å². The molecule has 0 fully saturated rings. The van der Waals surface area contributed by atoms with Crippen molar-refractivity contribution in [3.63, 3.8) is 0 Å². The number of ketones is 1. The first kappa shape index (κ1) is 19.7. The van der Waals surface area contributed by atoms with Gasteiger partial charge in [0.15, 0.2) is 5.78 Å². The van der Waals surface area contributed by atoms with Crippen LogP contribution in [0.25, 0.3) is 21.3 Å². The number of hydrogen-bond acceptors (Lipinski definition) is 5. The van der Waals surface area contributed by atoms with Gasteiger partial charge in [0, 0.05) is 16.5 Å². The molecule has 0 N–H and O–H groups in total. The topological polar surface area (TPSA) is 42.9 Å². The van der Waals surface area contributed by atoms with E-state index in [0.717, 1.165) is 31.9 Å². The van der Waals surface area contributed by atoms with Crippen LogP contribution in [0.4, 0.5) is 4.39 Å². The summed E-state index contributed by atoms with van der Waals surface area (Å²) in [6.45, 7) is 5.90. The summed E-state index contributed by atoms with van der Waals surface area (Å²) in [5, 5.41) is 3.72. The average Bonchev–Trinajstić information content (AvgIpc) is 3.12. The predicted octanol–water partition coefficient (Wildman–Crippen LogP) is 6.40. The predicted molar refractivity (Wildman–Crippen MR) is 119 cm³/mol. The molecule has 2 aromatic carbocycles.